The van der Waals surface area contributed by atoms with E-state index in [9.17, 15) is 14.9 Å². The number of methoxy groups -OCH3 is 1. The summed E-state index contributed by atoms with van der Waals surface area (Å²) in [6.07, 6.45) is 0. The third-order valence-corrected chi connectivity index (χ3v) is 2.82. The van der Waals surface area contributed by atoms with Crippen LogP contribution in [-0.4, -0.2) is 7.11 Å². The summed E-state index contributed by atoms with van der Waals surface area (Å²) in [5.74, 6) is -0.447. The molecular weight excluding hydrogens is 259 g/mol. The maximum Gasteiger partial charge on any atom is 0.300 e. The van der Waals surface area contributed by atoms with Crippen LogP contribution < -0.4 is 15.5 Å². The topological polar surface area (TPSA) is 97.0 Å². The van der Waals surface area contributed by atoms with E-state index in [1.807, 2.05) is 12.1 Å². The van der Waals surface area contributed by atoms with Crippen LogP contribution >= 0.6 is 0 Å². The number of ether oxygens (including phenoxy) is 1. The van der Waals surface area contributed by atoms with Gasteiger partial charge in [0.15, 0.2) is 5.56 Å². The lowest BCUT2D eigenvalue weighted by atomic mass is 9.96. The highest BCUT2D eigenvalue weighted by Gasteiger charge is 2.25. The second kappa shape index (κ2) is 5.25. The molecule has 0 aliphatic carbocycles. The van der Waals surface area contributed by atoms with Gasteiger partial charge in [0.25, 0.3) is 5.82 Å². The molecule has 0 saturated heterocycles. The number of nitrogens with one attached hydrogen (secondary N) is 1. The highest BCUT2D eigenvalue weighted by Crippen LogP contribution is 2.34. The van der Waals surface area contributed by atoms with Crippen molar-refractivity contribution in [2.24, 2.45) is 0 Å². The lowest BCUT2D eigenvalue weighted by molar-refractivity contribution is -0.376. The van der Waals surface area contributed by atoms with E-state index in [2.05, 4.69) is 4.98 Å². The lowest BCUT2D eigenvalue weighted by Gasteiger charge is -2.09. The number of halogens is 1. The van der Waals surface area contributed by atoms with Gasteiger partial charge in [-0.15, -0.1) is 0 Å². The van der Waals surface area contributed by atoms with Crippen molar-refractivity contribution in [2.75, 3.05) is 12.8 Å². The van der Waals surface area contributed by atoms with Crippen molar-refractivity contribution in [1.29, 1.82) is 10.5 Å². The number of benzene rings is 1. The molecule has 0 aliphatic rings. The minimum absolute atomic E-state index is 0.00690. The van der Waals surface area contributed by atoms with Gasteiger partial charge in [-0.1, -0.05) is 18.2 Å². The van der Waals surface area contributed by atoms with Crippen LogP contribution in [0.25, 0.3) is 11.1 Å². The van der Waals surface area contributed by atoms with Crippen LogP contribution in [0, 0.1) is 28.5 Å². The van der Waals surface area contributed by atoms with E-state index < -0.39 is 5.82 Å². The van der Waals surface area contributed by atoms with Gasteiger partial charge in [-0.25, -0.2) is 9.37 Å². The Bertz CT molecular complexity index is 759. The first kappa shape index (κ1) is 13.3. The van der Waals surface area contributed by atoms with Crippen molar-refractivity contribution in [1.82, 2.24) is 0 Å². The van der Waals surface area contributed by atoms with E-state index in [4.69, 9.17) is 10.5 Å². The molecule has 1 aromatic heterocycles. The number of nitrogens with two attached hydrogens (primary N) is 1. The summed E-state index contributed by atoms with van der Waals surface area (Å²) in [5.41, 5.74) is 6.02. The van der Waals surface area contributed by atoms with Crippen molar-refractivity contribution in [3.05, 3.63) is 41.2 Å². The van der Waals surface area contributed by atoms with Crippen LogP contribution in [-0.2, 0) is 0 Å². The summed E-state index contributed by atoms with van der Waals surface area (Å²) in [4.78, 5) is 2.61. The molecule has 1 aromatic carbocycles. The minimum Gasteiger partial charge on any atom is -0.465 e. The Kier molecular flexibility index (Phi) is 3.49. The van der Waals surface area contributed by atoms with Gasteiger partial charge in [0.05, 0.1) is 7.11 Å². The molecule has 0 radical (unpaired) electrons. The molecule has 0 aliphatic heterocycles. The van der Waals surface area contributed by atoms with E-state index >= 15 is 0 Å². The maximum atomic E-state index is 14.0. The number of pyridine rings is 1. The average molecular weight is 269 g/mol. The fraction of sp³-hybridized carbons (Fsp3) is 0.0714. The number of nitrogen functional groups attached to an aromatic ring is 1. The third-order valence-electron chi connectivity index (χ3n) is 2.82. The van der Waals surface area contributed by atoms with E-state index in [1.54, 1.807) is 6.07 Å². The largest absolute Gasteiger partial charge is 0.465 e. The van der Waals surface area contributed by atoms with Crippen LogP contribution in [0.4, 0.5) is 10.2 Å². The molecular formula is C14H10FN4O+. The zero-order valence-electron chi connectivity index (χ0n) is 10.6. The molecule has 2 rings (SSSR count). The molecule has 0 fully saturated rings. The number of hydrogen-bond donors (Lipinski definition) is 1. The summed E-state index contributed by atoms with van der Waals surface area (Å²) in [6.45, 7) is 0. The maximum absolute atomic E-state index is 14.0. The van der Waals surface area contributed by atoms with E-state index in [-0.39, 0.29) is 34.0 Å². The molecule has 0 saturated carbocycles. The monoisotopic (exact) mass is 269 g/mol. The van der Waals surface area contributed by atoms with Crippen molar-refractivity contribution in [3.8, 4) is 29.1 Å². The first-order valence-corrected chi connectivity index (χ1v) is 5.61. The van der Waals surface area contributed by atoms with Crippen molar-refractivity contribution >= 4 is 5.82 Å². The van der Waals surface area contributed by atoms with Crippen LogP contribution in [0.1, 0.15) is 11.1 Å². The zero-order valence-corrected chi connectivity index (χ0v) is 10.6. The van der Waals surface area contributed by atoms with Gasteiger partial charge in [-0.05, 0) is 6.07 Å². The first-order valence-electron chi connectivity index (χ1n) is 5.61. The molecule has 6 heteroatoms. The van der Waals surface area contributed by atoms with Crippen LogP contribution in [0.15, 0.2) is 24.3 Å². The standard InChI is InChI=1S/C14H9FN4O/c1-20-14-10(7-17)12(9(6-16)13(18)19-14)8-4-2-3-5-11(8)15/h2-5H,1H3,(H2,18,19)/p+1. The second-order valence-electron chi connectivity index (χ2n) is 3.90. The number of rotatable bonds is 2. The zero-order chi connectivity index (χ0) is 14.7. The number of aromatic amines is 1. The molecule has 1 heterocycles. The highest BCUT2D eigenvalue weighted by molar-refractivity contribution is 5.81. The second-order valence-corrected chi connectivity index (χ2v) is 3.90. The number of aromatic nitrogens is 1. The molecule has 0 amide bonds. The first-order chi connectivity index (χ1) is 9.63. The molecule has 20 heavy (non-hydrogen) atoms. The Morgan fingerprint density at radius 2 is 1.85 bits per heavy atom. The van der Waals surface area contributed by atoms with Gasteiger partial charge < -0.3 is 4.74 Å². The normalized spacial score (nSPS) is 9.60. The number of hydrogen-bond acceptors (Lipinski definition) is 4. The van der Waals surface area contributed by atoms with Gasteiger partial charge in [0.2, 0.25) is 0 Å². The summed E-state index contributed by atoms with van der Waals surface area (Å²) in [5, 5.41) is 18.5. The minimum atomic E-state index is -0.548. The SMILES string of the molecule is COc1[nH+]c(N)c(C#N)c(-c2ccccc2F)c1C#N. The molecule has 0 bridgehead atoms. The van der Waals surface area contributed by atoms with Gasteiger partial charge in [-0.3, -0.25) is 5.73 Å². The predicted molar refractivity (Wildman–Crippen MR) is 68.8 cm³/mol. The molecule has 3 N–H and O–H groups in total. The average Bonchev–Trinajstić information content (AvgIpc) is 2.46. The molecule has 5 nitrogen and oxygen atoms in total. The smallest absolute Gasteiger partial charge is 0.300 e. The van der Waals surface area contributed by atoms with Gasteiger partial charge in [0, 0.05) is 11.1 Å². The van der Waals surface area contributed by atoms with E-state index in [0.717, 1.165) is 0 Å². The number of nitriles is 2. The Balaban J connectivity index is 2.94. The Morgan fingerprint density at radius 3 is 2.40 bits per heavy atom. The number of nitrogens with zero attached hydrogens (tertiary/aromatic N) is 2. The van der Waals surface area contributed by atoms with E-state index in [0.29, 0.717) is 0 Å². The number of H-pyrrole nitrogens is 1. The summed E-state index contributed by atoms with van der Waals surface area (Å²) in [6, 6.07) is 9.66. The molecule has 0 unspecified atom stereocenters. The highest BCUT2D eigenvalue weighted by atomic mass is 19.1. The fourth-order valence-corrected chi connectivity index (χ4v) is 1.93. The lowest BCUT2D eigenvalue weighted by Crippen LogP contribution is -2.18. The molecule has 0 atom stereocenters. The van der Waals surface area contributed by atoms with Crippen molar-refractivity contribution in [3.63, 3.8) is 0 Å². The van der Waals surface area contributed by atoms with Crippen LogP contribution in [0.2, 0.25) is 0 Å². The molecule has 98 valence electrons. The van der Waals surface area contributed by atoms with Gasteiger partial charge in [-0.2, -0.15) is 10.5 Å². The summed E-state index contributed by atoms with van der Waals surface area (Å²) < 4.78 is 19.0. The Labute approximate surface area is 114 Å². The van der Waals surface area contributed by atoms with Crippen LogP contribution in [0.3, 0.4) is 0 Å². The summed E-state index contributed by atoms with van der Waals surface area (Å²) in [7, 11) is 1.35. The Hall–Kier alpha value is -3.12. The predicted octanol–water partition coefficient (Wildman–Crippen LogP) is 1.64. The van der Waals surface area contributed by atoms with Crippen molar-refractivity contribution < 1.29 is 14.1 Å². The quantitative estimate of drug-likeness (QED) is 0.896. The summed E-state index contributed by atoms with van der Waals surface area (Å²) >= 11 is 0. The third kappa shape index (κ3) is 2.00. The van der Waals surface area contributed by atoms with Crippen LogP contribution in [0.5, 0.6) is 5.88 Å². The number of anilines is 1. The Morgan fingerprint density at radius 1 is 1.20 bits per heavy atom. The van der Waals surface area contributed by atoms with Gasteiger partial charge >= 0.3 is 5.88 Å². The van der Waals surface area contributed by atoms with E-state index in [1.165, 1.54) is 25.3 Å². The fourth-order valence-electron chi connectivity index (χ4n) is 1.93. The molecule has 0 spiro atoms. The van der Waals surface area contributed by atoms with Gasteiger partial charge in [0.1, 0.15) is 23.5 Å². The van der Waals surface area contributed by atoms with Crippen molar-refractivity contribution in [2.45, 2.75) is 0 Å². The molecule has 2 aromatic rings.